The van der Waals surface area contributed by atoms with Gasteiger partial charge in [-0.15, -0.1) is 0 Å². The van der Waals surface area contributed by atoms with Gasteiger partial charge in [-0.25, -0.2) is 9.80 Å². The van der Waals surface area contributed by atoms with Crippen LogP contribution in [0, 0.1) is 11.8 Å². The second kappa shape index (κ2) is 12.3. The molecule has 9 nitrogen and oxygen atoms in total. The van der Waals surface area contributed by atoms with E-state index in [0.717, 1.165) is 22.9 Å². The highest BCUT2D eigenvalue weighted by Gasteiger charge is 2.51. The first kappa shape index (κ1) is 29.3. The number of benzene rings is 3. The summed E-state index contributed by atoms with van der Waals surface area (Å²) in [7, 11) is 1.49. The van der Waals surface area contributed by atoms with Crippen LogP contribution in [0.1, 0.15) is 56.8 Å². The van der Waals surface area contributed by atoms with Crippen LogP contribution in [-0.2, 0) is 9.59 Å². The van der Waals surface area contributed by atoms with E-state index in [1.165, 1.54) is 55.6 Å². The molecule has 216 valence electrons. The zero-order valence-electron chi connectivity index (χ0n) is 22.5. The highest BCUT2D eigenvalue weighted by atomic mass is 35.5. The van der Waals surface area contributed by atoms with Crippen molar-refractivity contribution in [1.82, 2.24) is 10.0 Å². The number of carbonyl (C=O) groups excluding carboxylic acids is 5. The second-order valence-electron chi connectivity index (χ2n) is 10.0. The minimum atomic E-state index is -0.744. The third kappa shape index (κ3) is 5.89. The molecule has 0 radical (unpaired) electrons. The number of imide groups is 1. The van der Waals surface area contributed by atoms with Crippen LogP contribution in [0.3, 0.4) is 0 Å². The Labute approximate surface area is 251 Å². The summed E-state index contributed by atoms with van der Waals surface area (Å²) in [5.74, 6) is -3.24. The van der Waals surface area contributed by atoms with Gasteiger partial charge in [-0.3, -0.25) is 19.2 Å². The van der Waals surface area contributed by atoms with Crippen LogP contribution < -0.4 is 9.47 Å². The van der Waals surface area contributed by atoms with Crippen molar-refractivity contribution in [2.45, 2.75) is 25.7 Å². The van der Waals surface area contributed by atoms with E-state index in [-0.39, 0.29) is 32.5 Å². The smallest absolute Gasteiger partial charge is 0.343 e. The summed E-state index contributed by atoms with van der Waals surface area (Å²) in [6.07, 6.45) is 2.71. The zero-order chi connectivity index (χ0) is 30.0. The van der Waals surface area contributed by atoms with Crippen molar-refractivity contribution in [2.24, 2.45) is 11.8 Å². The summed E-state index contributed by atoms with van der Waals surface area (Å²) < 4.78 is 10.5. The van der Waals surface area contributed by atoms with Gasteiger partial charge in [0.25, 0.3) is 17.7 Å². The average Bonchev–Trinajstić information content (AvgIpc) is 3.26. The number of ether oxygens (including phenoxy) is 2. The van der Waals surface area contributed by atoms with Crippen molar-refractivity contribution in [3.63, 3.8) is 0 Å². The van der Waals surface area contributed by atoms with Crippen LogP contribution >= 0.6 is 23.2 Å². The largest absolute Gasteiger partial charge is 0.497 e. The van der Waals surface area contributed by atoms with Crippen LogP contribution in [0.4, 0.5) is 0 Å². The van der Waals surface area contributed by atoms with E-state index >= 15 is 0 Å². The number of nitrogens with zero attached hydrogens (tertiary/aromatic N) is 2. The molecule has 1 aliphatic carbocycles. The van der Waals surface area contributed by atoms with Gasteiger partial charge in [0.15, 0.2) is 5.78 Å². The lowest BCUT2D eigenvalue weighted by Gasteiger charge is -2.30. The third-order valence-corrected chi connectivity index (χ3v) is 8.18. The number of halogens is 2. The van der Waals surface area contributed by atoms with Gasteiger partial charge in [-0.1, -0.05) is 42.1 Å². The maximum absolute atomic E-state index is 13.7. The number of hydrogen-bond donors (Lipinski definition) is 0. The Hall–Kier alpha value is -4.21. The summed E-state index contributed by atoms with van der Waals surface area (Å²) in [6.45, 7) is -0.584. The van der Waals surface area contributed by atoms with E-state index in [1.54, 1.807) is 18.2 Å². The Morgan fingerprint density at radius 2 is 1.45 bits per heavy atom. The van der Waals surface area contributed by atoms with Gasteiger partial charge in [0.1, 0.15) is 18.0 Å². The number of hydrogen-bond acceptors (Lipinski definition) is 7. The van der Waals surface area contributed by atoms with E-state index in [0.29, 0.717) is 18.6 Å². The summed E-state index contributed by atoms with van der Waals surface area (Å²) in [4.78, 5) is 66.4. The molecule has 1 saturated heterocycles. The average molecular weight is 609 g/mol. The van der Waals surface area contributed by atoms with E-state index in [2.05, 4.69) is 0 Å². The molecule has 0 bridgehead atoms. The van der Waals surface area contributed by atoms with Gasteiger partial charge in [-0.2, -0.15) is 5.01 Å². The Kier molecular flexibility index (Phi) is 8.61. The van der Waals surface area contributed by atoms with Crippen LogP contribution in [0.2, 0.25) is 10.0 Å². The molecule has 5 rings (SSSR count). The SMILES string of the molecule is COc1cccc(C(=O)Oc2ccc(C(=O)CN(C(=O)c3ccc(Cl)c(Cl)c3)N3C(=O)[C@H]4CCCC[C@@H]4C3=O)cc2)c1. The van der Waals surface area contributed by atoms with E-state index in [1.807, 2.05) is 0 Å². The van der Waals surface area contributed by atoms with E-state index < -0.39 is 47.9 Å². The number of Topliss-reactive ketones (excluding diaryl/α,β-unsaturated/α-hetero) is 1. The van der Waals surface area contributed by atoms with Crippen LogP contribution in [0.5, 0.6) is 11.5 Å². The molecule has 11 heteroatoms. The quantitative estimate of drug-likeness (QED) is 0.141. The molecule has 2 atom stereocenters. The number of rotatable bonds is 8. The highest BCUT2D eigenvalue weighted by molar-refractivity contribution is 6.42. The Morgan fingerprint density at radius 1 is 0.810 bits per heavy atom. The molecule has 2 fully saturated rings. The predicted molar refractivity (Wildman–Crippen MR) is 154 cm³/mol. The molecule has 0 aromatic heterocycles. The fourth-order valence-electron chi connectivity index (χ4n) is 5.25. The minimum absolute atomic E-state index is 0.0625. The third-order valence-electron chi connectivity index (χ3n) is 7.45. The number of fused-ring (bicyclic) bond motifs is 1. The molecule has 3 aromatic rings. The molecule has 2 aliphatic rings. The van der Waals surface area contributed by atoms with Gasteiger partial charge in [-0.05, 0) is 73.5 Å². The summed E-state index contributed by atoms with van der Waals surface area (Å²) in [5.41, 5.74) is 0.526. The number of hydrazine groups is 1. The number of esters is 1. The maximum Gasteiger partial charge on any atom is 0.343 e. The van der Waals surface area contributed by atoms with Gasteiger partial charge in [0.05, 0.1) is 34.6 Å². The topological polar surface area (TPSA) is 110 Å². The van der Waals surface area contributed by atoms with Crippen molar-refractivity contribution in [3.05, 3.63) is 93.5 Å². The molecular formula is C31H26Cl2N2O7. The Morgan fingerprint density at radius 3 is 2.07 bits per heavy atom. The maximum atomic E-state index is 13.7. The lowest BCUT2D eigenvalue weighted by Crippen LogP contribution is -2.52. The Balaban J connectivity index is 1.37. The van der Waals surface area contributed by atoms with E-state index in [9.17, 15) is 24.0 Å². The summed E-state index contributed by atoms with van der Waals surface area (Å²) >= 11 is 12.1. The summed E-state index contributed by atoms with van der Waals surface area (Å²) in [5, 5.41) is 2.05. The van der Waals surface area contributed by atoms with Gasteiger partial charge in [0.2, 0.25) is 0 Å². The van der Waals surface area contributed by atoms with Gasteiger partial charge >= 0.3 is 5.97 Å². The molecular weight excluding hydrogens is 583 g/mol. The zero-order valence-corrected chi connectivity index (χ0v) is 24.1. The molecule has 3 aromatic carbocycles. The van der Waals surface area contributed by atoms with Crippen LogP contribution in [0.15, 0.2) is 66.7 Å². The van der Waals surface area contributed by atoms with Gasteiger partial charge in [0, 0.05) is 11.1 Å². The van der Waals surface area contributed by atoms with Crippen molar-refractivity contribution in [2.75, 3.05) is 13.7 Å². The first-order chi connectivity index (χ1) is 20.2. The highest BCUT2D eigenvalue weighted by Crippen LogP contribution is 2.39. The predicted octanol–water partition coefficient (Wildman–Crippen LogP) is 5.64. The van der Waals surface area contributed by atoms with E-state index in [4.69, 9.17) is 32.7 Å². The Bertz CT molecular complexity index is 1550. The van der Waals surface area contributed by atoms with Crippen molar-refractivity contribution in [3.8, 4) is 11.5 Å². The minimum Gasteiger partial charge on any atom is -0.497 e. The molecule has 0 spiro atoms. The number of amides is 3. The van der Waals surface area contributed by atoms with Crippen LogP contribution in [0.25, 0.3) is 0 Å². The molecule has 42 heavy (non-hydrogen) atoms. The van der Waals surface area contributed by atoms with Crippen molar-refractivity contribution in [1.29, 1.82) is 0 Å². The number of ketones is 1. The molecule has 1 aliphatic heterocycles. The molecule has 1 saturated carbocycles. The van der Waals surface area contributed by atoms with Gasteiger partial charge < -0.3 is 9.47 Å². The lowest BCUT2D eigenvalue weighted by molar-refractivity contribution is -0.154. The second-order valence-corrected chi connectivity index (χ2v) is 10.9. The number of methoxy groups -OCH3 is 1. The van der Waals surface area contributed by atoms with Crippen molar-refractivity contribution < 1.29 is 33.4 Å². The normalized spacial score (nSPS) is 17.9. The summed E-state index contributed by atoms with van der Waals surface area (Å²) in [6, 6.07) is 16.4. The molecule has 0 unspecified atom stereocenters. The molecule has 1 heterocycles. The molecule has 3 amide bonds. The standard InChI is InChI=1S/C31H26Cl2N2O7/c1-41-22-6-4-5-20(15-22)31(40)42-21-12-9-18(10-13-21)27(36)17-34(28(37)19-11-14-25(32)26(33)16-19)35-29(38)23-7-2-3-8-24(23)30(35)39/h4-6,9-16,23-24H,2-3,7-8,17H2,1H3/t23-,24-/m0/s1. The lowest BCUT2D eigenvalue weighted by atomic mass is 9.81. The monoisotopic (exact) mass is 608 g/mol. The fourth-order valence-corrected chi connectivity index (χ4v) is 5.54. The molecule has 0 N–H and O–H groups in total. The van der Waals surface area contributed by atoms with Crippen LogP contribution in [-0.4, -0.2) is 53.1 Å². The first-order valence-corrected chi connectivity index (χ1v) is 14.1. The number of carbonyl (C=O) groups is 5. The first-order valence-electron chi connectivity index (χ1n) is 13.3. The van der Waals surface area contributed by atoms with Crippen molar-refractivity contribution >= 4 is 52.7 Å². The fraction of sp³-hybridized carbons (Fsp3) is 0.258.